The molecule has 0 unspecified atom stereocenters. The molecule has 1 aliphatic rings. The number of likely N-dealkylation sites (N-methyl/N-ethyl adjacent to an activating group) is 1. The van der Waals surface area contributed by atoms with Gasteiger partial charge in [0.15, 0.2) is 6.04 Å². The molecule has 0 spiro atoms. The van der Waals surface area contributed by atoms with E-state index in [9.17, 15) is 4.79 Å². The summed E-state index contributed by atoms with van der Waals surface area (Å²) >= 11 is 0. The highest BCUT2D eigenvalue weighted by atomic mass is 16.5. The second-order valence-corrected chi connectivity index (χ2v) is 5.80. The van der Waals surface area contributed by atoms with Crippen LogP contribution in [-0.4, -0.2) is 64.2 Å². The van der Waals surface area contributed by atoms with E-state index >= 15 is 0 Å². The average Bonchev–Trinajstić information content (AvgIpc) is 2.53. The first-order valence-electron chi connectivity index (χ1n) is 7.47. The van der Waals surface area contributed by atoms with E-state index in [1.165, 1.54) is 10.6 Å². The fourth-order valence-corrected chi connectivity index (χ4v) is 2.85. The van der Waals surface area contributed by atoms with Crippen molar-refractivity contribution in [3.05, 3.63) is 24.3 Å². The molecule has 21 heavy (non-hydrogen) atoms. The van der Waals surface area contributed by atoms with Crippen LogP contribution in [-0.2, 0) is 4.79 Å². The third-order valence-electron chi connectivity index (χ3n) is 4.25. The summed E-state index contributed by atoms with van der Waals surface area (Å²) in [5.41, 5.74) is 1.19. The molecule has 1 heterocycles. The highest BCUT2D eigenvalue weighted by Gasteiger charge is 2.30. The highest BCUT2D eigenvalue weighted by molar-refractivity contribution is 5.79. The molecule has 0 aromatic heterocycles. The molecule has 0 aliphatic carbocycles. The van der Waals surface area contributed by atoms with E-state index in [2.05, 4.69) is 17.0 Å². The number of carbonyl (C=O) groups is 1. The summed E-state index contributed by atoms with van der Waals surface area (Å²) in [5, 5.41) is 0. The Hall–Kier alpha value is -1.75. The van der Waals surface area contributed by atoms with Crippen molar-refractivity contribution in [2.24, 2.45) is 0 Å². The zero-order chi connectivity index (χ0) is 15.4. The van der Waals surface area contributed by atoms with Crippen LogP contribution in [0.25, 0.3) is 0 Å². The number of benzene rings is 1. The predicted octanol–water partition coefficient (Wildman–Crippen LogP) is -0.123. The second kappa shape index (κ2) is 6.80. The van der Waals surface area contributed by atoms with Gasteiger partial charge in [-0.3, -0.25) is 4.79 Å². The van der Waals surface area contributed by atoms with Gasteiger partial charge in [-0.1, -0.05) is 6.07 Å². The standard InChI is InChI=1S/C16H25N3O2/c1-13(16(20)17(2)3)18-8-10-19(11-9-18)14-6-5-7-15(12-14)21-4/h5-7,12-13H,8-11H2,1-4H3/p+1/t13-/m1/s1. The largest absolute Gasteiger partial charge is 0.497 e. The van der Waals surface area contributed by atoms with Gasteiger partial charge in [-0.25, -0.2) is 0 Å². The van der Waals surface area contributed by atoms with E-state index in [4.69, 9.17) is 4.74 Å². The molecule has 1 fully saturated rings. The summed E-state index contributed by atoms with van der Waals surface area (Å²) in [4.78, 5) is 17.5. The molecule has 5 heteroatoms. The van der Waals surface area contributed by atoms with Gasteiger partial charge in [0, 0.05) is 25.8 Å². The molecule has 0 radical (unpaired) electrons. The number of ether oxygens (including phenoxy) is 1. The molecule has 1 amide bonds. The predicted molar refractivity (Wildman–Crippen MR) is 84.1 cm³/mol. The van der Waals surface area contributed by atoms with Crippen LogP contribution in [0.3, 0.4) is 0 Å². The molecular weight excluding hydrogens is 266 g/mol. The third-order valence-corrected chi connectivity index (χ3v) is 4.25. The Morgan fingerprint density at radius 3 is 2.57 bits per heavy atom. The molecule has 1 aromatic carbocycles. The summed E-state index contributed by atoms with van der Waals surface area (Å²) in [5.74, 6) is 1.10. The monoisotopic (exact) mass is 292 g/mol. The summed E-state index contributed by atoms with van der Waals surface area (Å²) in [6.45, 7) is 5.93. The molecule has 1 aliphatic heterocycles. The molecule has 116 valence electrons. The Bertz CT molecular complexity index is 482. The summed E-state index contributed by atoms with van der Waals surface area (Å²) in [6, 6.07) is 8.20. The number of amides is 1. The van der Waals surface area contributed by atoms with Crippen LogP contribution in [0.5, 0.6) is 5.75 Å². The minimum atomic E-state index is 0.0347. The van der Waals surface area contributed by atoms with E-state index in [-0.39, 0.29) is 11.9 Å². The molecule has 2 rings (SSSR count). The first-order chi connectivity index (χ1) is 10.0. The van der Waals surface area contributed by atoms with Crippen LogP contribution in [0.15, 0.2) is 24.3 Å². The first-order valence-corrected chi connectivity index (χ1v) is 7.47. The van der Waals surface area contributed by atoms with Crippen molar-refractivity contribution >= 4 is 11.6 Å². The quantitative estimate of drug-likeness (QED) is 0.840. The lowest BCUT2D eigenvalue weighted by molar-refractivity contribution is -0.915. The lowest BCUT2D eigenvalue weighted by Crippen LogP contribution is -3.19. The van der Waals surface area contributed by atoms with Crippen molar-refractivity contribution in [1.82, 2.24) is 4.90 Å². The van der Waals surface area contributed by atoms with Crippen molar-refractivity contribution in [1.29, 1.82) is 0 Å². The number of piperazine rings is 1. The van der Waals surface area contributed by atoms with Crippen LogP contribution >= 0.6 is 0 Å². The van der Waals surface area contributed by atoms with E-state index in [0.717, 1.165) is 31.9 Å². The maximum absolute atomic E-state index is 12.1. The molecule has 0 bridgehead atoms. The first kappa shape index (κ1) is 15.6. The fourth-order valence-electron chi connectivity index (χ4n) is 2.85. The van der Waals surface area contributed by atoms with Crippen molar-refractivity contribution in [2.75, 3.05) is 52.3 Å². The number of anilines is 1. The Kier molecular flexibility index (Phi) is 5.07. The molecule has 1 atom stereocenters. The zero-order valence-corrected chi connectivity index (χ0v) is 13.4. The minimum absolute atomic E-state index is 0.0347. The van der Waals surface area contributed by atoms with E-state index in [1.807, 2.05) is 33.2 Å². The average molecular weight is 292 g/mol. The molecule has 0 saturated carbocycles. The molecule has 1 N–H and O–H groups in total. The van der Waals surface area contributed by atoms with E-state index in [1.54, 1.807) is 12.0 Å². The number of hydrogen-bond acceptors (Lipinski definition) is 3. The summed E-state index contributed by atoms with van der Waals surface area (Å²) in [6.07, 6.45) is 0. The Labute approximate surface area is 127 Å². The number of hydrogen-bond donors (Lipinski definition) is 1. The van der Waals surface area contributed by atoms with Crippen LogP contribution in [0.1, 0.15) is 6.92 Å². The van der Waals surface area contributed by atoms with Crippen LogP contribution < -0.4 is 14.5 Å². The van der Waals surface area contributed by atoms with Gasteiger partial charge in [0.25, 0.3) is 5.91 Å². The van der Waals surface area contributed by atoms with Crippen LogP contribution in [0.2, 0.25) is 0 Å². The maximum Gasteiger partial charge on any atom is 0.280 e. The lowest BCUT2D eigenvalue weighted by Gasteiger charge is -2.36. The van der Waals surface area contributed by atoms with Crippen molar-refractivity contribution in [3.8, 4) is 5.75 Å². The number of carbonyl (C=O) groups excluding carboxylic acids is 1. The van der Waals surface area contributed by atoms with Crippen molar-refractivity contribution in [2.45, 2.75) is 13.0 Å². The van der Waals surface area contributed by atoms with Crippen molar-refractivity contribution < 1.29 is 14.4 Å². The van der Waals surface area contributed by atoms with Gasteiger partial charge in [-0.2, -0.15) is 0 Å². The SMILES string of the molecule is COc1cccc(N2CC[NH+]([C@H](C)C(=O)N(C)C)CC2)c1. The van der Waals surface area contributed by atoms with Crippen LogP contribution in [0.4, 0.5) is 5.69 Å². The van der Waals surface area contributed by atoms with Crippen molar-refractivity contribution in [3.63, 3.8) is 0 Å². The van der Waals surface area contributed by atoms with Gasteiger partial charge in [0.2, 0.25) is 0 Å². The molecule has 5 nitrogen and oxygen atoms in total. The summed E-state index contributed by atoms with van der Waals surface area (Å²) < 4.78 is 5.28. The molecular formula is C16H26N3O2+. The third kappa shape index (κ3) is 3.67. The number of nitrogens with one attached hydrogen (secondary N) is 1. The number of quaternary nitrogens is 1. The number of nitrogens with zero attached hydrogens (tertiary/aromatic N) is 2. The molecule has 1 saturated heterocycles. The fraction of sp³-hybridized carbons (Fsp3) is 0.562. The van der Waals surface area contributed by atoms with Gasteiger partial charge in [-0.15, -0.1) is 0 Å². The zero-order valence-electron chi connectivity index (χ0n) is 13.4. The topological polar surface area (TPSA) is 37.2 Å². The van der Waals surface area contributed by atoms with Gasteiger partial charge in [0.1, 0.15) is 5.75 Å². The normalized spacial score (nSPS) is 17.4. The second-order valence-electron chi connectivity index (χ2n) is 5.80. The smallest absolute Gasteiger partial charge is 0.280 e. The Morgan fingerprint density at radius 2 is 2.00 bits per heavy atom. The van der Waals surface area contributed by atoms with Crippen LogP contribution in [0, 0.1) is 0 Å². The van der Waals surface area contributed by atoms with Gasteiger partial charge < -0.3 is 19.4 Å². The van der Waals surface area contributed by atoms with E-state index in [0.29, 0.717) is 0 Å². The van der Waals surface area contributed by atoms with Gasteiger partial charge in [0.05, 0.1) is 33.3 Å². The van der Waals surface area contributed by atoms with E-state index < -0.39 is 0 Å². The number of rotatable bonds is 4. The Morgan fingerprint density at radius 1 is 1.33 bits per heavy atom. The lowest BCUT2D eigenvalue weighted by atomic mass is 10.2. The van der Waals surface area contributed by atoms with Gasteiger partial charge in [-0.05, 0) is 19.1 Å². The van der Waals surface area contributed by atoms with Gasteiger partial charge >= 0.3 is 0 Å². The maximum atomic E-state index is 12.1. The number of methoxy groups -OCH3 is 1. The summed E-state index contributed by atoms with van der Waals surface area (Å²) in [7, 11) is 5.34. The highest BCUT2D eigenvalue weighted by Crippen LogP contribution is 2.20. The molecule has 1 aromatic rings. The minimum Gasteiger partial charge on any atom is -0.497 e. The Balaban J connectivity index is 1.95.